The number of sulfonamides is 1. The van der Waals surface area contributed by atoms with Gasteiger partial charge in [-0.15, -0.1) is 0 Å². The van der Waals surface area contributed by atoms with Crippen LogP contribution in [0.25, 0.3) is 11.3 Å². The van der Waals surface area contributed by atoms with Gasteiger partial charge in [0.05, 0.1) is 11.9 Å². The average molecular weight is 536 g/mol. The molecule has 2 fully saturated rings. The van der Waals surface area contributed by atoms with Gasteiger partial charge < -0.3 is 20.3 Å². The highest BCUT2D eigenvalue weighted by Crippen LogP contribution is 2.38. The van der Waals surface area contributed by atoms with Gasteiger partial charge in [-0.05, 0) is 63.1 Å². The molecule has 38 heavy (non-hydrogen) atoms. The molecule has 198 valence electrons. The Morgan fingerprint density at radius 1 is 1.13 bits per heavy atom. The zero-order valence-corrected chi connectivity index (χ0v) is 22.4. The van der Waals surface area contributed by atoms with E-state index in [1.54, 1.807) is 36.6 Å². The second kappa shape index (κ2) is 8.63. The minimum atomic E-state index is -3.17. The zero-order chi connectivity index (χ0) is 26.8. The van der Waals surface area contributed by atoms with Crippen LogP contribution in [-0.4, -0.2) is 70.6 Å². The second-order valence-corrected chi connectivity index (χ2v) is 12.5. The number of nitrogens with one attached hydrogen (secondary N) is 2. The summed E-state index contributed by atoms with van der Waals surface area (Å²) in [6, 6.07) is 9.92. The molecular weight excluding hydrogens is 506 g/mol. The van der Waals surface area contributed by atoms with Crippen molar-refractivity contribution < 1.29 is 17.9 Å². The van der Waals surface area contributed by atoms with Crippen molar-refractivity contribution in [2.24, 2.45) is 0 Å². The van der Waals surface area contributed by atoms with Crippen LogP contribution >= 0.6 is 0 Å². The molecule has 2 unspecified atom stereocenters. The molecule has 2 saturated heterocycles. The fraction of sp³-hybridized carbons (Fsp3) is 0.385. The number of pyridine rings is 1. The Balaban J connectivity index is 1.19. The van der Waals surface area contributed by atoms with Crippen molar-refractivity contribution in [3.8, 4) is 17.0 Å². The van der Waals surface area contributed by atoms with E-state index < -0.39 is 15.6 Å². The van der Waals surface area contributed by atoms with E-state index in [0.29, 0.717) is 36.3 Å². The largest absolute Gasteiger partial charge is 0.474 e. The quantitative estimate of drug-likeness (QED) is 0.506. The molecule has 2 N–H and O–H groups in total. The van der Waals surface area contributed by atoms with Gasteiger partial charge in [-0.1, -0.05) is 0 Å². The number of carbonyl (C=O) groups is 1. The molecule has 3 aromatic rings. The molecule has 2 bridgehead atoms. The summed E-state index contributed by atoms with van der Waals surface area (Å²) in [4.78, 5) is 27.8. The molecule has 3 aliphatic rings. The monoisotopic (exact) mass is 535 g/mol. The van der Waals surface area contributed by atoms with Crippen LogP contribution in [0.3, 0.4) is 0 Å². The van der Waals surface area contributed by atoms with Crippen molar-refractivity contribution in [2.45, 2.75) is 44.9 Å². The SMILES string of the molecule is Cc1cc(Nc2nccc(-c3cnc4c(c3)OC(C)(C)C(=O)N4)n2)ccc1N1CC2CC1CN2S(C)(=O)=O. The number of benzene rings is 1. The van der Waals surface area contributed by atoms with Gasteiger partial charge in [0.1, 0.15) is 0 Å². The fourth-order valence-electron chi connectivity index (χ4n) is 5.43. The first-order chi connectivity index (χ1) is 18.0. The van der Waals surface area contributed by atoms with Gasteiger partial charge >= 0.3 is 0 Å². The molecule has 2 atom stereocenters. The molecule has 3 aliphatic heterocycles. The van der Waals surface area contributed by atoms with Gasteiger partial charge in [0.25, 0.3) is 5.91 Å². The third kappa shape index (κ3) is 4.33. The molecule has 0 saturated carbocycles. The van der Waals surface area contributed by atoms with Gasteiger partial charge in [-0.3, -0.25) is 4.79 Å². The van der Waals surface area contributed by atoms with Crippen molar-refractivity contribution >= 4 is 39.1 Å². The normalized spacial score (nSPS) is 22.1. The van der Waals surface area contributed by atoms with E-state index in [1.165, 1.54) is 6.26 Å². The van der Waals surface area contributed by atoms with E-state index in [1.807, 2.05) is 18.2 Å². The predicted molar refractivity (Wildman–Crippen MR) is 144 cm³/mol. The summed E-state index contributed by atoms with van der Waals surface area (Å²) in [5, 5.41) is 6.05. The lowest BCUT2D eigenvalue weighted by Gasteiger charge is -2.35. The number of amides is 1. The highest BCUT2D eigenvalue weighted by Gasteiger charge is 2.47. The summed E-state index contributed by atoms with van der Waals surface area (Å²) in [5.41, 5.74) is 3.46. The highest BCUT2D eigenvalue weighted by molar-refractivity contribution is 7.88. The van der Waals surface area contributed by atoms with Crippen molar-refractivity contribution in [3.05, 3.63) is 48.3 Å². The van der Waals surface area contributed by atoms with E-state index in [9.17, 15) is 13.2 Å². The molecule has 6 rings (SSSR count). The zero-order valence-electron chi connectivity index (χ0n) is 21.6. The number of hydrogen-bond donors (Lipinski definition) is 2. The lowest BCUT2D eigenvalue weighted by atomic mass is 10.1. The number of hydrogen-bond acceptors (Lipinski definition) is 9. The first-order valence-corrected chi connectivity index (χ1v) is 14.3. The van der Waals surface area contributed by atoms with Crippen LogP contribution < -0.4 is 20.3 Å². The summed E-state index contributed by atoms with van der Waals surface area (Å²) in [5.74, 6) is 1.07. The number of nitrogens with zero attached hydrogens (tertiary/aromatic N) is 5. The summed E-state index contributed by atoms with van der Waals surface area (Å²) in [6.45, 7) is 6.70. The summed E-state index contributed by atoms with van der Waals surface area (Å²) in [7, 11) is -3.17. The van der Waals surface area contributed by atoms with E-state index in [4.69, 9.17) is 4.74 Å². The van der Waals surface area contributed by atoms with Crippen LogP contribution in [0.15, 0.2) is 42.7 Å². The molecule has 11 nitrogen and oxygen atoms in total. The summed E-state index contributed by atoms with van der Waals surface area (Å²) < 4.78 is 31.5. The Morgan fingerprint density at radius 3 is 2.66 bits per heavy atom. The minimum absolute atomic E-state index is 0.0363. The number of piperazine rings is 1. The lowest BCUT2D eigenvalue weighted by molar-refractivity contribution is -0.129. The maximum Gasteiger partial charge on any atom is 0.269 e. The third-order valence-electron chi connectivity index (χ3n) is 7.33. The van der Waals surface area contributed by atoms with Crippen LogP contribution in [0.4, 0.5) is 23.1 Å². The average Bonchev–Trinajstić information content (AvgIpc) is 3.46. The molecule has 0 aliphatic carbocycles. The number of aryl methyl sites for hydroxylation is 1. The van der Waals surface area contributed by atoms with Crippen molar-refractivity contribution in [1.29, 1.82) is 0 Å². The number of fused-ring (bicyclic) bond motifs is 3. The molecule has 0 spiro atoms. The Bertz CT molecular complexity index is 1560. The van der Waals surface area contributed by atoms with E-state index in [-0.39, 0.29) is 18.0 Å². The Kier molecular flexibility index (Phi) is 5.58. The van der Waals surface area contributed by atoms with Crippen LogP contribution in [0, 0.1) is 6.92 Å². The molecule has 5 heterocycles. The van der Waals surface area contributed by atoms with E-state index in [2.05, 4.69) is 43.5 Å². The van der Waals surface area contributed by atoms with Crippen LogP contribution in [0.1, 0.15) is 25.8 Å². The second-order valence-electron chi connectivity index (χ2n) is 10.6. The number of aromatic nitrogens is 3. The van der Waals surface area contributed by atoms with Gasteiger partial charge in [0.2, 0.25) is 16.0 Å². The van der Waals surface area contributed by atoms with Gasteiger partial charge in [0, 0.05) is 54.5 Å². The van der Waals surface area contributed by atoms with Crippen LogP contribution in [0.2, 0.25) is 0 Å². The van der Waals surface area contributed by atoms with Gasteiger partial charge in [-0.25, -0.2) is 23.4 Å². The van der Waals surface area contributed by atoms with Gasteiger partial charge in [0.15, 0.2) is 17.2 Å². The Hall–Kier alpha value is -3.77. The molecule has 1 aromatic carbocycles. The predicted octanol–water partition coefficient (Wildman–Crippen LogP) is 2.92. The topological polar surface area (TPSA) is 130 Å². The lowest BCUT2D eigenvalue weighted by Crippen LogP contribution is -2.48. The molecule has 2 aromatic heterocycles. The van der Waals surface area contributed by atoms with Crippen LogP contribution in [0.5, 0.6) is 5.75 Å². The summed E-state index contributed by atoms with van der Waals surface area (Å²) >= 11 is 0. The molecule has 1 amide bonds. The molecular formula is C26H29N7O4S. The number of carbonyl (C=O) groups excluding carboxylic acids is 1. The number of ether oxygens (including phenoxy) is 1. The first kappa shape index (κ1) is 24.6. The maximum absolute atomic E-state index is 12.1. The highest BCUT2D eigenvalue weighted by atomic mass is 32.2. The standard InChI is InChI=1S/C26H29N7O4S/c1-15-9-17(5-6-21(15)32-13-19-11-18(32)14-33(19)38(4,35)36)29-25-27-8-7-20(30-25)16-10-22-23(28-12-16)31-24(34)26(2,3)37-22/h5-10,12,18-19H,11,13-14H2,1-4H3,(H,27,29,30)(H,28,31,34). The van der Waals surface area contributed by atoms with Crippen molar-refractivity contribution in [3.63, 3.8) is 0 Å². The van der Waals surface area contributed by atoms with Crippen molar-refractivity contribution in [1.82, 2.24) is 19.3 Å². The number of anilines is 4. The first-order valence-electron chi connectivity index (χ1n) is 12.4. The van der Waals surface area contributed by atoms with E-state index >= 15 is 0 Å². The maximum atomic E-state index is 12.1. The third-order valence-corrected chi connectivity index (χ3v) is 8.63. The smallest absolute Gasteiger partial charge is 0.269 e. The Morgan fingerprint density at radius 2 is 1.95 bits per heavy atom. The van der Waals surface area contributed by atoms with Crippen LogP contribution in [-0.2, 0) is 14.8 Å². The van der Waals surface area contributed by atoms with Crippen molar-refractivity contribution in [2.75, 3.05) is 34.9 Å². The van der Waals surface area contributed by atoms with Gasteiger partial charge in [-0.2, -0.15) is 4.31 Å². The number of rotatable bonds is 5. The molecule has 12 heteroatoms. The summed E-state index contributed by atoms with van der Waals surface area (Å²) in [6.07, 6.45) is 5.46. The fourth-order valence-corrected chi connectivity index (χ4v) is 6.57. The van der Waals surface area contributed by atoms with E-state index in [0.717, 1.165) is 28.9 Å². The Labute approximate surface area is 221 Å². The minimum Gasteiger partial charge on any atom is -0.474 e. The molecule has 0 radical (unpaired) electrons.